The topological polar surface area (TPSA) is 58.6 Å². The summed E-state index contributed by atoms with van der Waals surface area (Å²) in [6.07, 6.45) is 3.21. The van der Waals surface area contributed by atoms with Crippen molar-refractivity contribution in [3.05, 3.63) is 48.4 Å². The van der Waals surface area contributed by atoms with Gasteiger partial charge < -0.3 is 14.5 Å². The maximum Gasteiger partial charge on any atom is 0.274 e. The summed E-state index contributed by atoms with van der Waals surface area (Å²) in [7, 11) is 0. The zero-order valence-electron chi connectivity index (χ0n) is 13.2. The molecule has 1 fully saturated rings. The molecule has 1 aromatic heterocycles. The van der Waals surface area contributed by atoms with E-state index >= 15 is 0 Å². The molecule has 1 aromatic carbocycles. The van der Waals surface area contributed by atoms with Crippen molar-refractivity contribution in [3.8, 4) is 0 Å². The summed E-state index contributed by atoms with van der Waals surface area (Å²) < 4.78 is 5.26. The van der Waals surface area contributed by atoms with Gasteiger partial charge in [0.1, 0.15) is 5.69 Å². The Kier molecular flexibility index (Phi) is 4.83. The quantitative estimate of drug-likeness (QED) is 0.865. The number of rotatable bonds is 4. The lowest BCUT2D eigenvalue weighted by atomic mass is 10.3. The van der Waals surface area contributed by atoms with E-state index in [0.717, 1.165) is 18.1 Å². The van der Waals surface area contributed by atoms with E-state index in [0.29, 0.717) is 32.0 Å². The summed E-state index contributed by atoms with van der Waals surface area (Å²) >= 11 is 0. The number of carbonyl (C=O) groups excluding carboxylic acids is 1. The Labute approximate surface area is 135 Å². The van der Waals surface area contributed by atoms with Gasteiger partial charge in [-0.05, 0) is 19.1 Å². The van der Waals surface area contributed by atoms with E-state index in [1.807, 2.05) is 30.3 Å². The Bertz CT molecular complexity index is 639. The molecule has 120 valence electrons. The van der Waals surface area contributed by atoms with Crippen LogP contribution in [0.3, 0.4) is 0 Å². The fourth-order valence-electron chi connectivity index (χ4n) is 2.58. The summed E-state index contributed by atoms with van der Waals surface area (Å²) in [6, 6.07) is 10.0. The molecule has 0 unspecified atom stereocenters. The number of carbonyl (C=O) groups is 1. The van der Waals surface area contributed by atoms with Crippen LogP contribution in [0.15, 0.2) is 42.7 Å². The highest BCUT2D eigenvalue weighted by Crippen LogP contribution is 2.22. The van der Waals surface area contributed by atoms with Gasteiger partial charge in [0, 0.05) is 25.3 Å². The summed E-state index contributed by atoms with van der Waals surface area (Å²) in [4.78, 5) is 24.9. The van der Waals surface area contributed by atoms with Gasteiger partial charge in [0.05, 0.1) is 25.6 Å². The fraction of sp³-hybridized carbons (Fsp3) is 0.353. The minimum Gasteiger partial charge on any atom is -0.378 e. The van der Waals surface area contributed by atoms with Crippen molar-refractivity contribution in [2.24, 2.45) is 0 Å². The van der Waals surface area contributed by atoms with Gasteiger partial charge in [0.25, 0.3) is 5.91 Å². The van der Waals surface area contributed by atoms with Gasteiger partial charge in [-0.25, -0.2) is 9.97 Å². The first kappa shape index (κ1) is 15.4. The van der Waals surface area contributed by atoms with Crippen molar-refractivity contribution < 1.29 is 9.53 Å². The maximum atomic E-state index is 12.4. The lowest BCUT2D eigenvalue weighted by molar-refractivity contribution is 0.0298. The minimum absolute atomic E-state index is 0.0879. The molecule has 1 aliphatic rings. The molecule has 0 bridgehead atoms. The predicted molar refractivity (Wildman–Crippen MR) is 87.9 cm³/mol. The van der Waals surface area contributed by atoms with E-state index in [1.165, 1.54) is 0 Å². The van der Waals surface area contributed by atoms with Crippen molar-refractivity contribution >= 4 is 17.4 Å². The summed E-state index contributed by atoms with van der Waals surface area (Å²) in [6.45, 7) is 5.20. The number of hydrogen-bond donors (Lipinski definition) is 0. The van der Waals surface area contributed by atoms with E-state index in [1.54, 1.807) is 17.3 Å². The molecule has 1 amide bonds. The molecule has 23 heavy (non-hydrogen) atoms. The average Bonchev–Trinajstić information content (AvgIpc) is 2.64. The molecule has 1 aliphatic heterocycles. The predicted octanol–water partition coefficient (Wildman–Crippen LogP) is 2.11. The van der Waals surface area contributed by atoms with Crippen molar-refractivity contribution in [2.45, 2.75) is 6.92 Å². The molecule has 0 aliphatic carbocycles. The summed E-state index contributed by atoms with van der Waals surface area (Å²) in [5.74, 6) is 0.646. The Morgan fingerprint density at radius 1 is 1.17 bits per heavy atom. The molecular weight excluding hydrogens is 292 g/mol. The van der Waals surface area contributed by atoms with Crippen LogP contribution in [0.1, 0.15) is 17.4 Å². The third kappa shape index (κ3) is 3.48. The third-order valence-corrected chi connectivity index (χ3v) is 3.82. The number of anilines is 2. The third-order valence-electron chi connectivity index (χ3n) is 3.82. The maximum absolute atomic E-state index is 12.4. The highest BCUT2D eigenvalue weighted by molar-refractivity contribution is 5.92. The van der Waals surface area contributed by atoms with Crippen LogP contribution in [0.4, 0.5) is 11.5 Å². The number of morpholine rings is 1. The number of nitrogens with zero attached hydrogens (tertiary/aromatic N) is 4. The zero-order chi connectivity index (χ0) is 16.1. The lowest BCUT2D eigenvalue weighted by Crippen LogP contribution is -2.41. The molecule has 0 saturated carbocycles. The Balaban J connectivity index is 1.77. The van der Waals surface area contributed by atoms with Crippen molar-refractivity contribution in [2.75, 3.05) is 37.7 Å². The number of hydrogen-bond acceptors (Lipinski definition) is 5. The SMILES string of the molecule is CCN(c1ccccc1)c1cnc(C(=O)N2CCOCC2)cn1. The van der Waals surface area contributed by atoms with Crippen LogP contribution >= 0.6 is 0 Å². The summed E-state index contributed by atoms with van der Waals surface area (Å²) in [5.41, 5.74) is 1.43. The highest BCUT2D eigenvalue weighted by atomic mass is 16.5. The van der Waals surface area contributed by atoms with E-state index in [9.17, 15) is 4.79 Å². The van der Waals surface area contributed by atoms with Crippen LogP contribution in [0.2, 0.25) is 0 Å². The van der Waals surface area contributed by atoms with Crippen molar-refractivity contribution in [1.29, 1.82) is 0 Å². The smallest absolute Gasteiger partial charge is 0.274 e. The van der Waals surface area contributed by atoms with Crippen LogP contribution in [0.5, 0.6) is 0 Å². The number of aromatic nitrogens is 2. The highest BCUT2D eigenvalue weighted by Gasteiger charge is 2.20. The van der Waals surface area contributed by atoms with Gasteiger partial charge in [-0.3, -0.25) is 4.79 Å². The monoisotopic (exact) mass is 312 g/mol. The second-order valence-electron chi connectivity index (χ2n) is 5.24. The van der Waals surface area contributed by atoms with Crippen LogP contribution in [0.25, 0.3) is 0 Å². The second-order valence-corrected chi connectivity index (χ2v) is 5.24. The van der Waals surface area contributed by atoms with Crippen LogP contribution in [-0.2, 0) is 4.74 Å². The molecule has 0 spiro atoms. The zero-order valence-corrected chi connectivity index (χ0v) is 13.2. The van der Waals surface area contributed by atoms with Gasteiger partial charge >= 0.3 is 0 Å². The van der Waals surface area contributed by atoms with Gasteiger partial charge in [0.15, 0.2) is 5.82 Å². The molecule has 6 heteroatoms. The molecule has 2 heterocycles. The first-order chi connectivity index (χ1) is 11.3. The molecule has 1 saturated heterocycles. The van der Waals surface area contributed by atoms with Gasteiger partial charge in [0.2, 0.25) is 0 Å². The standard InChI is InChI=1S/C17H20N4O2/c1-2-21(14-6-4-3-5-7-14)16-13-18-15(12-19-16)17(22)20-8-10-23-11-9-20/h3-7,12-13H,2,8-11H2,1H3. The first-order valence-electron chi connectivity index (χ1n) is 7.81. The first-order valence-corrected chi connectivity index (χ1v) is 7.81. The number of amides is 1. The molecule has 3 rings (SSSR count). The second kappa shape index (κ2) is 7.19. The van der Waals surface area contributed by atoms with E-state index < -0.39 is 0 Å². The molecule has 0 N–H and O–H groups in total. The van der Waals surface area contributed by atoms with E-state index in [2.05, 4.69) is 21.8 Å². The van der Waals surface area contributed by atoms with Crippen LogP contribution < -0.4 is 4.90 Å². The number of para-hydroxylation sites is 1. The fourth-order valence-corrected chi connectivity index (χ4v) is 2.58. The van der Waals surface area contributed by atoms with Crippen molar-refractivity contribution in [3.63, 3.8) is 0 Å². The van der Waals surface area contributed by atoms with E-state index in [-0.39, 0.29) is 5.91 Å². The lowest BCUT2D eigenvalue weighted by Gasteiger charge is -2.26. The van der Waals surface area contributed by atoms with Gasteiger partial charge in [-0.1, -0.05) is 18.2 Å². The van der Waals surface area contributed by atoms with Crippen LogP contribution in [-0.4, -0.2) is 53.6 Å². The Hall–Kier alpha value is -2.47. The van der Waals surface area contributed by atoms with Gasteiger partial charge in [-0.15, -0.1) is 0 Å². The van der Waals surface area contributed by atoms with Crippen molar-refractivity contribution in [1.82, 2.24) is 14.9 Å². The number of ether oxygens (including phenoxy) is 1. The molecule has 0 radical (unpaired) electrons. The van der Waals surface area contributed by atoms with Gasteiger partial charge in [-0.2, -0.15) is 0 Å². The molecule has 0 atom stereocenters. The summed E-state index contributed by atoms with van der Waals surface area (Å²) in [5, 5.41) is 0. The largest absolute Gasteiger partial charge is 0.378 e. The Morgan fingerprint density at radius 2 is 1.91 bits per heavy atom. The average molecular weight is 312 g/mol. The van der Waals surface area contributed by atoms with E-state index in [4.69, 9.17) is 4.74 Å². The number of benzene rings is 1. The molecule has 6 nitrogen and oxygen atoms in total. The van der Waals surface area contributed by atoms with Crippen LogP contribution in [0, 0.1) is 0 Å². The minimum atomic E-state index is -0.0879. The molecule has 2 aromatic rings. The molecular formula is C17H20N4O2. The Morgan fingerprint density at radius 3 is 2.52 bits per heavy atom. The normalized spacial score (nSPS) is 14.6.